The van der Waals surface area contributed by atoms with Crippen LogP contribution in [0, 0.1) is 5.82 Å². The summed E-state index contributed by atoms with van der Waals surface area (Å²) in [7, 11) is 1.53. The van der Waals surface area contributed by atoms with Gasteiger partial charge in [0.25, 0.3) is 0 Å². The second-order valence-corrected chi connectivity index (χ2v) is 3.93. The highest BCUT2D eigenvalue weighted by atomic mass is 19.1. The maximum absolute atomic E-state index is 13.8. The number of anilines is 2. The molecule has 1 aromatic carbocycles. The molecule has 0 unspecified atom stereocenters. The number of ether oxygens (including phenoxy) is 1. The minimum Gasteiger partial charge on any atom is -0.495 e. The van der Waals surface area contributed by atoms with E-state index in [2.05, 4.69) is 0 Å². The van der Waals surface area contributed by atoms with Crippen molar-refractivity contribution >= 4 is 11.4 Å². The molecule has 0 fully saturated rings. The summed E-state index contributed by atoms with van der Waals surface area (Å²) in [6.07, 6.45) is 0. The van der Waals surface area contributed by atoms with Crippen LogP contribution in [0.3, 0.4) is 0 Å². The van der Waals surface area contributed by atoms with Crippen molar-refractivity contribution in [2.24, 2.45) is 0 Å². The van der Waals surface area contributed by atoms with Gasteiger partial charge in [0, 0.05) is 24.7 Å². The standard InChI is InChI=1S/C12H19FN2O/c1-5-15(8(2)3)11-7-12(16-4)10(14)6-9(11)13/h6-8H,5,14H2,1-4H3. The summed E-state index contributed by atoms with van der Waals surface area (Å²) in [5.41, 5.74) is 6.49. The number of nitrogens with zero attached hydrogens (tertiary/aromatic N) is 1. The van der Waals surface area contributed by atoms with Crippen molar-refractivity contribution in [3.8, 4) is 5.75 Å². The van der Waals surface area contributed by atoms with Gasteiger partial charge in [-0.05, 0) is 20.8 Å². The maximum Gasteiger partial charge on any atom is 0.148 e. The first-order valence-electron chi connectivity index (χ1n) is 5.40. The quantitative estimate of drug-likeness (QED) is 0.802. The van der Waals surface area contributed by atoms with E-state index in [1.54, 1.807) is 6.07 Å². The molecule has 2 N–H and O–H groups in total. The average molecular weight is 226 g/mol. The van der Waals surface area contributed by atoms with Gasteiger partial charge < -0.3 is 15.4 Å². The van der Waals surface area contributed by atoms with Crippen molar-refractivity contribution in [1.82, 2.24) is 0 Å². The lowest BCUT2D eigenvalue weighted by molar-refractivity contribution is 0.415. The summed E-state index contributed by atoms with van der Waals surface area (Å²) >= 11 is 0. The summed E-state index contributed by atoms with van der Waals surface area (Å²) in [6, 6.07) is 3.18. The van der Waals surface area contributed by atoms with Crippen LogP contribution in [-0.4, -0.2) is 19.7 Å². The molecule has 0 aliphatic heterocycles. The molecule has 0 atom stereocenters. The molecule has 0 saturated carbocycles. The molecule has 90 valence electrons. The molecule has 0 amide bonds. The lowest BCUT2D eigenvalue weighted by Crippen LogP contribution is -2.31. The predicted molar refractivity (Wildman–Crippen MR) is 65.5 cm³/mol. The first-order chi connectivity index (χ1) is 7.51. The van der Waals surface area contributed by atoms with E-state index < -0.39 is 0 Å². The maximum atomic E-state index is 13.8. The third-order valence-corrected chi connectivity index (χ3v) is 2.57. The molecule has 0 radical (unpaired) electrons. The van der Waals surface area contributed by atoms with E-state index in [1.165, 1.54) is 13.2 Å². The van der Waals surface area contributed by atoms with Crippen molar-refractivity contribution in [3.05, 3.63) is 17.9 Å². The van der Waals surface area contributed by atoms with Crippen molar-refractivity contribution < 1.29 is 9.13 Å². The van der Waals surface area contributed by atoms with Crippen LogP contribution in [0.5, 0.6) is 5.75 Å². The normalized spacial score (nSPS) is 10.6. The zero-order valence-corrected chi connectivity index (χ0v) is 10.2. The van der Waals surface area contributed by atoms with Gasteiger partial charge in [0.2, 0.25) is 0 Å². The predicted octanol–water partition coefficient (Wildman–Crippen LogP) is 2.65. The fourth-order valence-corrected chi connectivity index (χ4v) is 1.77. The van der Waals surface area contributed by atoms with E-state index in [4.69, 9.17) is 10.5 Å². The van der Waals surface area contributed by atoms with E-state index in [9.17, 15) is 4.39 Å². The molecular formula is C12H19FN2O. The van der Waals surface area contributed by atoms with Crippen molar-refractivity contribution in [2.75, 3.05) is 24.3 Å². The van der Waals surface area contributed by atoms with Gasteiger partial charge >= 0.3 is 0 Å². The molecule has 4 heteroatoms. The van der Waals surface area contributed by atoms with Gasteiger partial charge in [-0.3, -0.25) is 0 Å². The monoisotopic (exact) mass is 226 g/mol. The Labute approximate surface area is 96.0 Å². The summed E-state index contributed by atoms with van der Waals surface area (Å²) in [6.45, 7) is 6.77. The molecule has 1 rings (SSSR count). The van der Waals surface area contributed by atoms with Crippen LogP contribution in [-0.2, 0) is 0 Å². The summed E-state index contributed by atoms with van der Waals surface area (Å²) in [5, 5.41) is 0. The second kappa shape index (κ2) is 5.05. The molecule has 0 heterocycles. The minimum absolute atomic E-state index is 0.229. The van der Waals surface area contributed by atoms with Gasteiger partial charge in [-0.25, -0.2) is 4.39 Å². The Morgan fingerprint density at radius 3 is 2.50 bits per heavy atom. The van der Waals surface area contributed by atoms with Gasteiger partial charge in [0.1, 0.15) is 11.6 Å². The molecule has 3 nitrogen and oxygen atoms in total. The van der Waals surface area contributed by atoms with E-state index in [1.807, 2.05) is 25.7 Å². The third-order valence-electron chi connectivity index (χ3n) is 2.57. The zero-order chi connectivity index (χ0) is 12.3. The van der Waals surface area contributed by atoms with Crippen molar-refractivity contribution in [3.63, 3.8) is 0 Å². The van der Waals surface area contributed by atoms with E-state index in [-0.39, 0.29) is 11.9 Å². The fourth-order valence-electron chi connectivity index (χ4n) is 1.77. The van der Waals surface area contributed by atoms with Crippen LogP contribution in [0.4, 0.5) is 15.8 Å². The summed E-state index contributed by atoms with van der Waals surface area (Å²) in [5.74, 6) is 0.198. The fraction of sp³-hybridized carbons (Fsp3) is 0.500. The number of hydrogen-bond acceptors (Lipinski definition) is 3. The number of nitrogen functional groups attached to an aromatic ring is 1. The molecular weight excluding hydrogens is 207 g/mol. The van der Waals surface area contributed by atoms with Gasteiger partial charge in [-0.1, -0.05) is 0 Å². The van der Waals surface area contributed by atoms with Gasteiger partial charge in [-0.2, -0.15) is 0 Å². The molecule has 0 saturated heterocycles. The first-order valence-corrected chi connectivity index (χ1v) is 5.40. The molecule has 0 bridgehead atoms. The number of rotatable bonds is 4. The molecule has 16 heavy (non-hydrogen) atoms. The number of hydrogen-bond donors (Lipinski definition) is 1. The smallest absolute Gasteiger partial charge is 0.148 e. The zero-order valence-electron chi connectivity index (χ0n) is 10.2. The molecule has 0 aliphatic rings. The van der Waals surface area contributed by atoms with E-state index >= 15 is 0 Å². The summed E-state index contributed by atoms with van der Waals surface area (Å²) < 4.78 is 18.9. The van der Waals surface area contributed by atoms with Crippen LogP contribution in [0.15, 0.2) is 12.1 Å². The Morgan fingerprint density at radius 1 is 1.44 bits per heavy atom. The number of halogens is 1. The second-order valence-electron chi connectivity index (χ2n) is 3.93. The average Bonchev–Trinajstić information content (AvgIpc) is 2.21. The Kier molecular flexibility index (Phi) is 3.99. The van der Waals surface area contributed by atoms with Crippen LogP contribution in [0.2, 0.25) is 0 Å². The molecule has 0 aliphatic carbocycles. The lowest BCUT2D eigenvalue weighted by Gasteiger charge is -2.28. The van der Waals surface area contributed by atoms with Crippen LogP contribution in [0.1, 0.15) is 20.8 Å². The van der Waals surface area contributed by atoms with Crippen LogP contribution < -0.4 is 15.4 Å². The highest BCUT2D eigenvalue weighted by Crippen LogP contribution is 2.31. The molecule has 0 aromatic heterocycles. The highest BCUT2D eigenvalue weighted by Gasteiger charge is 2.15. The van der Waals surface area contributed by atoms with Crippen LogP contribution in [0.25, 0.3) is 0 Å². The number of methoxy groups -OCH3 is 1. The van der Waals surface area contributed by atoms with Crippen LogP contribution >= 0.6 is 0 Å². The topological polar surface area (TPSA) is 38.5 Å². The Balaban J connectivity index is 3.21. The summed E-state index contributed by atoms with van der Waals surface area (Å²) in [4.78, 5) is 1.96. The van der Waals surface area contributed by atoms with Gasteiger partial charge in [0.05, 0.1) is 18.5 Å². The van der Waals surface area contributed by atoms with Crippen molar-refractivity contribution in [1.29, 1.82) is 0 Å². The van der Waals surface area contributed by atoms with E-state index in [0.717, 1.165) is 6.54 Å². The Hall–Kier alpha value is -1.45. The lowest BCUT2D eigenvalue weighted by atomic mass is 10.2. The van der Waals surface area contributed by atoms with E-state index in [0.29, 0.717) is 17.1 Å². The molecule has 1 aromatic rings. The largest absolute Gasteiger partial charge is 0.495 e. The number of nitrogens with two attached hydrogens (primary N) is 1. The first kappa shape index (κ1) is 12.6. The molecule has 0 spiro atoms. The Morgan fingerprint density at radius 2 is 2.06 bits per heavy atom. The number of benzene rings is 1. The van der Waals surface area contributed by atoms with Crippen molar-refractivity contribution in [2.45, 2.75) is 26.8 Å². The SMILES string of the molecule is CCN(c1cc(OC)c(N)cc1F)C(C)C. The van der Waals surface area contributed by atoms with Gasteiger partial charge in [0.15, 0.2) is 0 Å². The highest BCUT2D eigenvalue weighted by molar-refractivity contribution is 5.63. The third kappa shape index (κ3) is 2.38. The van der Waals surface area contributed by atoms with Gasteiger partial charge in [-0.15, -0.1) is 0 Å². The minimum atomic E-state index is -0.311. The Bertz CT molecular complexity index is 366.